The van der Waals surface area contributed by atoms with E-state index in [-0.39, 0.29) is 11.8 Å². The Morgan fingerprint density at radius 2 is 2.33 bits per heavy atom. The molecule has 2 heterocycles. The molecule has 1 fully saturated rings. The summed E-state index contributed by atoms with van der Waals surface area (Å²) in [5.41, 5.74) is 1.01. The number of rotatable bonds is 3. The Morgan fingerprint density at radius 1 is 1.53 bits per heavy atom. The number of amides is 1. The van der Waals surface area contributed by atoms with Crippen LogP contribution in [-0.4, -0.2) is 29.2 Å². The topological polar surface area (TPSA) is 69.8 Å². The van der Waals surface area contributed by atoms with Crippen molar-refractivity contribution in [3.63, 3.8) is 0 Å². The molecule has 0 aromatic carbocycles. The van der Waals surface area contributed by atoms with E-state index in [1.54, 1.807) is 12.4 Å². The number of carbonyl (C=O) groups is 1. The molecular formula is C10H16N4O. The average molecular weight is 208 g/mol. The van der Waals surface area contributed by atoms with Crippen LogP contribution in [-0.2, 0) is 11.3 Å². The number of aromatic amines is 1. The summed E-state index contributed by atoms with van der Waals surface area (Å²) in [5.74, 6) is 0.343. The molecule has 1 aromatic rings. The quantitative estimate of drug-likeness (QED) is 0.656. The molecule has 15 heavy (non-hydrogen) atoms. The summed E-state index contributed by atoms with van der Waals surface area (Å²) in [6.45, 7) is 2.47. The molecule has 0 atom stereocenters. The Bertz CT molecular complexity index is 303. The molecule has 5 heteroatoms. The Labute approximate surface area is 88.6 Å². The van der Waals surface area contributed by atoms with Gasteiger partial charge in [0.25, 0.3) is 0 Å². The minimum atomic E-state index is 0.165. The molecule has 0 spiro atoms. The van der Waals surface area contributed by atoms with E-state index in [1.807, 2.05) is 0 Å². The van der Waals surface area contributed by atoms with Crippen molar-refractivity contribution < 1.29 is 4.79 Å². The Kier molecular flexibility index (Phi) is 3.34. The number of hydrogen-bond acceptors (Lipinski definition) is 3. The highest BCUT2D eigenvalue weighted by molar-refractivity contribution is 5.78. The maximum absolute atomic E-state index is 11.7. The van der Waals surface area contributed by atoms with Crippen molar-refractivity contribution in [2.75, 3.05) is 13.1 Å². The Balaban J connectivity index is 1.76. The summed E-state index contributed by atoms with van der Waals surface area (Å²) >= 11 is 0. The largest absolute Gasteiger partial charge is 0.352 e. The zero-order chi connectivity index (χ0) is 10.5. The van der Waals surface area contributed by atoms with Crippen molar-refractivity contribution in [3.8, 4) is 0 Å². The van der Waals surface area contributed by atoms with Crippen LogP contribution in [0.25, 0.3) is 0 Å². The number of H-pyrrole nitrogens is 1. The predicted octanol–water partition coefficient (Wildman–Crippen LogP) is 0.0255. The maximum atomic E-state index is 11.7. The van der Waals surface area contributed by atoms with Gasteiger partial charge < -0.3 is 10.6 Å². The van der Waals surface area contributed by atoms with Gasteiger partial charge in [-0.3, -0.25) is 9.89 Å². The predicted molar refractivity (Wildman–Crippen MR) is 56.0 cm³/mol. The maximum Gasteiger partial charge on any atom is 0.223 e. The third-order valence-electron chi connectivity index (χ3n) is 2.73. The van der Waals surface area contributed by atoms with Gasteiger partial charge in [-0.1, -0.05) is 0 Å². The standard InChI is InChI=1S/C10H16N4O/c15-10(9-1-3-11-4-2-9)12-5-8-6-13-14-7-8/h6-7,9,11H,1-5H2,(H,12,15)(H,13,14). The van der Waals surface area contributed by atoms with Crippen LogP contribution in [0.3, 0.4) is 0 Å². The fraction of sp³-hybridized carbons (Fsp3) is 0.600. The van der Waals surface area contributed by atoms with Gasteiger partial charge in [0.05, 0.1) is 6.20 Å². The smallest absolute Gasteiger partial charge is 0.223 e. The van der Waals surface area contributed by atoms with Gasteiger partial charge in [-0.05, 0) is 25.9 Å². The molecule has 1 aromatic heterocycles. The van der Waals surface area contributed by atoms with Gasteiger partial charge in [-0.2, -0.15) is 5.10 Å². The van der Waals surface area contributed by atoms with Crippen LogP contribution in [0.1, 0.15) is 18.4 Å². The number of nitrogens with zero attached hydrogens (tertiary/aromatic N) is 1. The third kappa shape index (κ3) is 2.79. The van der Waals surface area contributed by atoms with Gasteiger partial charge in [-0.25, -0.2) is 0 Å². The van der Waals surface area contributed by atoms with E-state index in [0.717, 1.165) is 31.5 Å². The van der Waals surface area contributed by atoms with E-state index in [2.05, 4.69) is 20.8 Å². The van der Waals surface area contributed by atoms with Crippen molar-refractivity contribution in [1.29, 1.82) is 0 Å². The van der Waals surface area contributed by atoms with Crippen LogP contribution in [0.2, 0.25) is 0 Å². The van der Waals surface area contributed by atoms with Gasteiger partial charge in [-0.15, -0.1) is 0 Å². The molecule has 0 saturated carbocycles. The summed E-state index contributed by atoms with van der Waals surface area (Å²) < 4.78 is 0. The summed E-state index contributed by atoms with van der Waals surface area (Å²) in [4.78, 5) is 11.7. The minimum Gasteiger partial charge on any atom is -0.352 e. The first kappa shape index (κ1) is 10.2. The van der Waals surface area contributed by atoms with Gasteiger partial charge >= 0.3 is 0 Å². The van der Waals surface area contributed by atoms with Crippen molar-refractivity contribution in [1.82, 2.24) is 20.8 Å². The molecule has 1 amide bonds. The highest BCUT2D eigenvalue weighted by Gasteiger charge is 2.20. The second-order valence-corrected chi connectivity index (χ2v) is 3.85. The highest BCUT2D eigenvalue weighted by atomic mass is 16.1. The molecule has 0 bridgehead atoms. The molecule has 2 rings (SSSR count). The molecule has 82 valence electrons. The van der Waals surface area contributed by atoms with Crippen LogP contribution >= 0.6 is 0 Å². The fourth-order valence-corrected chi connectivity index (χ4v) is 1.79. The number of aromatic nitrogens is 2. The van der Waals surface area contributed by atoms with E-state index in [1.165, 1.54) is 0 Å². The van der Waals surface area contributed by atoms with E-state index in [9.17, 15) is 4.79 Å². The third-order valence-corrected chi connectivity index (χ3v) is 2.73. The van der Waals surface area contributed by atoms with Crippen LogP contribution in [0.15, 0.2) is 12.4 Å². The molecular weight excluding hydrogens is 192 g/mol. The molecule has 0 aliphatic carbocycles. The fourth-order valence-electron chi connectivity index (χ4n) is 1.79. The summed E-state index contributed by atoms with van der Waals surface area (Å²) in [7, 11) is 0. The first-order chi connectivity index (χ1) is 7.36. The molecule has 5 nitrogen and oxygen atoms in total. The Hall–Kier alpha value is -1.36. The molecule has 1 aliphatic heterocycles. The van der Waals surface area contributed by atoms with E-state index >= 15 is 0 Å². The van der Waals surface area contributed by atoms with Crippen molar-refractivity contribution in [2.45, 2.75) is 19.4 Å². The summed E-state index contributed by atoms with van der Waals surface area (Å²) in [6.07, 6.45) is 5.40. The van der Waals surface area contributed by atoms with E-state index in [0.29, 0.717) is 6.54 Å². The van der Waals surface area contributed by atoms with Crippen LogP contribution in [0.5, 0.6) is 0 Å². The first-order valence-corrected chi connectivity index (χ1v) is 5.32. The van der Waals surface area contributed by atoms with Crippen LogP contribution < -0.4 is 10.6 Å². The van der Waals surface area contributed by atoms with Crippen molar-refractivity contribution >= 4 is 5.91 Å². The summed E-state index contributed by atoms with van der Waals surface area (Å²) in [5, 5.41) is 12.7. The van der Waals surface area contributed by atoms with E-state index in [4.69, 9.17) is 0 Å². The number of nitrogens with one attached hydrogen (secondary N) is 3. The number of piperidine rings is 1. The number of carbonyl (C=O) groups excluding carboxylic acids is 1. The van der Waals surface area contributed by atoms with Gasteiger partial charge in [0, 0.05) is 24.2 Å². The van der Waals surface area contributed by atoms with Gasteiger partial charge in [0.2, 0.25) is 5.91 Å². The van der Waals surface area contributed by atoms with Crippen LogP contribution in [0.4, 0.5) is 0 Å². The molecule has 0 radical (unpaired) electrons. The van der Waals surface area contributed by atoms with Crippen molar-refractivity contribution in [2.24, 2.45) is 5.92 Å². The minimum absolute atomic E-state index is 0.165. The zero-order valence-electron chi connectivity index (χ0n) is 8.62. The lowest BCUT2D eigenvalue weighted by molar-refractivity contribution is -0.125. The molecule has 1 aliphatic rings. The SMILES string of the molecule is O=C(NCc1cn[nH]c1)C1CCNCC1. The zero-order valence-corrected chi connectivity index (χ0v) is 8.62. The van der Waals surface area contributed by atoms with Gasteiger partial charge in [0.15, 0.2) is 0 Å². The average Bonchev–Trinajstić information content (AvgIpc) is 2.80. The summed E-state index contributed by atoms with van der Waals surface area (Å²) in [6, 6.07) is 0. The van der Waals surface area contributed by atoms with Gasteiger partial charge in [0.1, 0.15) is 0 Å². The lowest BCUT2D eigenvalue weighted by atomic mass is 9.97. The molecule has 3 N–H and O–H groups in total. The second-order valence-electron chi connectivity index (χ2n) is 3.85. The monoisotopic (exact) mass is 208 g/mol. The molecule has 0 unspecified atom stereocenters. The first-order valence-electron chi connectivity index (χ1n) is 5.32. The Morgan fingerprint density at radius 3 is 3.00 bits per heavy atom. The molecule has 1 saturated heterocycles. The number of hydrogen-bond donors (Lipinski definition) is 3. The van der Waals surface area contributed by atoms with Crippen LogP contribution in [0, 0.1) is 5.92 Å². The normalized spacial score (nSPS) is 17.6. The second kappa shape index (κ2) is 4.93. The van der Waals surface area contributed by atoms with Crippen molar-refractivity contribution in [3.05, 3.63) is 18.0 Å². The lowest BCUT2D eigenvalue weighted by Gasteiger charge is -2.21. The van der Waals surface area contributed by atoms with E-state index < -0.39 is 0 Å². The highest BCUT2D eigenvalue weighted by Crippen LogP contribution is 2.11. The lowest BCUT2D eigenvalue weighted by Crippen LogP contribution is -2.37.